The molecule has 0 radical (unpaired) electrons. The van der Waals surface area contributed by atoms with Gasteiger partial charge in [0.05, 0.1) is 11.2 Å². The summed E-state index contributed by atoms with van der Waals surface area (Å²) in [5.74, 6) is -1.04. The Morgan fingerprint density at radius 3 is 2.34 bits per heavy atom. The number of carbonyl (C=O) groups is 2. The van der Waals surface area contributed by atoms with Crippen molar-refractivity contribution >= 4 is 33.2 Å². The van der Waals surface area contributed by atoms with E-state index in [2.05, 4.69) is 9.97 Å². The van der Waals surface area contributed by atoms with Gasteiger partial charge in [-0.3, -0.25) is 4.79 Å². The third-order valence-corrected chi connectivity index (χ3v) is 6.37. The predicted molar refractivity (Wildman–Crippen MR) is 123 cm³/mol. The van der Waals surface area contributed by atoms with Crippen molar-refractivity contribution in [2.45, 2.75) is 0 Å². The van der Waals surface area contributed by atoms with E-state index in [9.17, 15) is 19.8 Å². The lowest BCUT2D eigenvalue weighted by Crippen LogP contribution is -2.00. The van der Waals surface area contributed by atoms with Crippen LogP contribution in [-0.2, 0) is 0 Å². The van der Waals surface area contributed by atoms with Gasteiger partial charge in [0.25, 0.3) is 0 Å². The minimum absolute atomic E-state index is 0.0224. The number of fused-ring (bicyclic) bond motifs is 1. The van der Waals surface area contributed by atoms with Crippen LogP contribution in [-0.4, -0.2) is 31.9 Å². The first-order chi connectivity index (χ1) is 15.5. The van der Waals surface area contributed by atoms with E-state index in [4.69, 9.17) is 0 Å². The summed E-state index contributed by atoms with van der Waals surface area (Å²) in [5, 5.41) is 20.1. The number of aromatic nitrogens is 2. The molecule has 0 atom stereocenters. The summed E-state index contributed by atoms with van der Waals surface area (Å²) in [6.45, 7) is 0. The van der Waals surface area contributed by atoms with E-state index >= 15 is 0 Å². The molecule has 3 N–H and O–H groups in total. The van der Waals surface area contributed by atoms with E-state index in [1.807, 2.05) is 36.4 Å². The van der Waals surface area contributed by atoms with Crippen molar-refractivity contribution in [2.24, 2.45) is 0 Å². The Morgan fingerprint density at radius 2 is 1.62 bits per heavy atom. The number of phenolic OH excluding ortho intramolecular Hbond substituents is 1. The van der Waals surface area contributed by atoms with Crippen LogP contribution in [0.5, 0.6) is 5.75 Å². The number of H-pyrrole nitrogens is 1. The zero-order valence-electron chi connectivity index (χ0n) is 16.6. The first kappa shape index (κ1) is 19.7. The van der Waals surface area contributed by atoms with E-state index in [1.165, 1.54) is 17.7 Å². The van der Waals surface area contributed by atoms with E-state index in [0.717, 1.165) is 21.2 Å². The van der Waals surface area contributed by atoms with Crippen molar-refractivity contribution in [1.82, 2.24) is 9.97 Å². The summed E-state index contributed by atoms with van der Waals surface area (Å²) in [7, 11) is 0. The number of benzene rings is 3. The van der Waals surface area contributed by atoms with Crippen molar-refractivity contribution in [3.63, 3.8) is 0 Å². The van der Waals surface area contributed by atoms with Crippen LogP contribution in [0.3, 0.4) is 0 Å². The molecule has 6 nitrogen and oxygen atoms in total. The van der Waals surface area contributed by atoms with Crippen LogP contribution in [0.1, 0.15) is 25.7 Å². The molecule has 5 rings (SSSR count). The maximum absolute atomic E-state index is 13.3. The van der Waals surface area contributed by atoms with Gasteiger partial charge in [-0.1, -0.05) is 54.6 Å². The SMILES string of the molecule is O=C(O)c1[nH]cnc1-c1ccc(-c2c(C(=O)c3ccccc3)sc3cc(O)ccc23)cc1. The van der Waals surface area contributed by atoms with Crippen LogP contribution in [0.25, 0.3) is 32.5 Å². The predicted octanol–water partition coefficient (Wildman–Crippen LogP) is 5.59. The fourth-order valence-corrected chi connectivity index (χ4v) is 4.94. The number of thiophene rings is 1. The fraction of sp³-hybridized carbons (Fsp3) is 0. The molecule has 156 valence electrons. The highest BCUT2D eigenvalue weighted by atomic mass is 32.1. The number of aromatic carboxylic acids is 1. The number of aromatic amines is 1. The molecule has 0 aliphatic rings. The minimum Gasteiger partial charge on any atom is -0.508 e. The normalized spacial score (nSPS) is 11.0. The topological polar surface area (TPSA) is 103 Å². The monoisotopic (exact) mass is 440 g/mol. The molecule has 0 bridgehead atoms. The second-order valence-corrected chi connectivity index (χ2v) is 8.24. The second-order valence-electron chi connectivity index (χ2n) is 7.19. The molecule has 0 spiro atoms. The number of hydrogen-bond acceptors (Lipinski definition) is 5. The lowest BCUT2D eigenvalue weighted by molar-refractivity contribution is 0.0692. The van der Waals surface area contributed by atoms with Crippen LogP contribution in [0.15, 0.2) is 79.1 Å². The van der Waals surface area contributed by atoms with E-state index in [-0.39, 0.29) is 17.2 Å². The number of carbonyl (C=O) groups excluding carboxylic acids is 1. The quantitative estimate of drug-likeness (QED) is 0.309. The summed E-state index contributed by atoms with van der Waals surface area (Å²) in [5.41, 5.74) is 3.21. The number of nitrogens with one attached hydrogen (secondary N) is 1. The molecule has 0 saturated heterocycles. The first-order valence-electron chi connectivity index (χ1n) is 9.75. The summed E-state index contributed by atoms with van der Waals surface area (Å²) in [6, 6.07) is 21.4. The van der Waals surface area contributed by atoms with Crippen molar-refractivity contribution < 1.29 is 19.8 Å². The Morgan fingerprint density at radius 1 is 0.906 bits per heavy atom. The average molecular weight is 440 g/mol. The number of imidazole rings is 1. The number of carboxylic acid groups (broad SMARTS) is 1. The molecule has 0 unspecified atom stereocenters. The van der Waals surface area contributed by atoms with Crippen molar-refractivity contribution in [3.05, 3.63) is 95.3 Å². The average Bonchev–Trinajstić information content (AvgIpc) is 3.44. The number of carboxylic acids is 1. The third-order valence-electron chi connectivity index (χ3n) is 5.22. The number of hydrogen-bond donors (Lipinski definition) is 3. The minimum atomic E-state index is -1.08. The molecule has 0 saturated carbocycles. The van der Waals surface area contributed by atoms with Gasteiger partial charge < -0.3 is 15.2 Å². The standard InChI is InChI=1S/C25H16N2O4S/c28-17-10-11-18-19(12-17)32-24(23(29)16-4-2-1-3-5-16)20(18)14-6-8-15(9-7-14)21-22(25(30)31)27-13-26-21/h1-13,28H,(H,26,27)(H,30,31). The third kappa shape index (κ3) is 3.34. The maximum atomic E-state index is 13.3. The Kier molecular flexibility index (Phi) is 4.80. The number of rotatable bonds is 5. The van der Waals surface area contributed by atoms with Gasteiger partial charge in [0, 0.05) is 26.8 Å². The lowest BCUT2D eigenvalue weighted by atomic mass is 9.96. The number of phenols is 1. The largest absolute Gasteiger partial charge is 0.508 e. The second kappa shape index (κ2) is 7.79. The number of aromatic hydroxyl groups is 1. The lowest BCUT2D eigenvalue weighted by Gasteiger charge is -2.07. The van der Waals surface area contributed by atoms with Crippen molar-refractivity contribution in [1.29, 1.82) is 0 Å². The highest BCUT2D eigenvalue weighted by Crippen LogP contribution is 2.41. The molecular weight excluding hydrogens is 424 g/mol. The van der Waals surface area contributed by atoms with Gasteiger partial charge in [-0.2, -0.15) is 0 Å². The molecule has 2 heterocycles. The van der Waals surface area contributed by atoms with Crippen LogP contribution in [0.2, 0.25) is 0 Å². The van der Waals surface area contributed by atoms with Crippen LogP contribution >= 0.6 is 11.3 Å². The molecule has 2 aromatic heterocycles. The Hall–Kier alpha value is -4.23. The molecule has 32 heavy (non-hydrogen) atoms. The fourth-order valence-electron chi connectivity index (χ4n) is 3.72. The summed E-state index contributed by atoms with van der Waals surface area (Å²) in [6.07, 6.45) is 1.35. The van der Waals surface area contributed by atoms with Gasteiger partial charge in [-0.25, -0.2) is 9.78 Å². The Labute approximate surface area is 186 Å². The highest BCUT2D eigenvalue weighted by Gasteiger charge is 2.22. The van der Waals surface area contributed by atoms with E-state index in [0.29, 0.717) is 21.7 Å². The van der Waals surface area contributed by atoms with Gasteiger partial charge in [-0.05, 0) is 23.8 Å². The molecule has 0 aliphatic carbocycles. The van der Waals surface area contributed by atoms with Crippen molar-refractivity contribution in [3.8, 4) is 28.1 Å². The maximum Gasteiger partial charge on any atom is 0.354 e. The zero-order chi connectivity index (χ0) is 22.2. The molecule has 0 aliphatic heterocycles. The van der Waals surface area contributed by atoms with Gasteiger partial charge in [0.2, 0.25) is 5.78 Å². The van der Waals surface area contributed by atoms with E-state index in [1.54, 1.807) is 36.4 Å². The van der Waals surface area contributed by atoms with Crippen LogP contribution in [0, 0.1) is 0 Å². The smallest absolute Gasteiger partial charge is 0.354 e. The summed E-state index contributed by atoms with van der Waals surface area (Å²) < 4.78 is 0.809. The first-order valence-corrected chi connectivity index (χ1v) is 10.6. The highest BCUT2D eigenvalue weighted by molar-refractivity contribution is 7.21. The molecule has 0 fully saturated rings. The van der Waals surface area contributed by atoms with Gasteiger partial charge in [0.15, 0.2) is 5.69 Å². The van der Waals surface area contributed by atoms with Gasteiger partial charge in [0.1, 0.15) is 11.4 Å². The molecule has 0 amide bonds. The molecule has 7 heteroatoms. The molecule has 3 aromatic carbocycles. The van der Waals surface area contributed by atoms with Gasteiger partial charge >= 0.3 is 5.97 Å². The van der Waals surface area contributed by atoms with Crippen molar-refractivity contribution in [2.75, 3.05) is 0 Å². The van der Waals surface area contributed by atoms with Gasteiger partial charge in [-0.15, -0.1) is 11.3 Å². The molecule has 5 aromatic rings. The number of ketones is 1. The Bertz CT molecular complexity index is 1470. The van der Waals surface area contributed by atoms with E-state index < -0.39 is 5.97 Å². The Balaban J connectivity index is 1.65. The van der Waals surface area contributed by atoms with Crippen LogP contribution < -0.4 is 0 Å². The summed E-state index contributed by atoms with van der Waals surface area (Å²) >= 11 is 1.34. The molecular formula is C25H16N2O4S. The number of nitrogens with zero attached hydrogens (tertiary/aromatic N) is 1. The summed E-state index contributed by atoms with van der Waals surface area (Å²) in [4.78, 5) is 32.1. The van der Waals surface area contributed by atoms with Crippen LogP contribution in [0.4, 0.5) is 0 Å². The zero-order valence-corrected chi connectivity index (χ0v) is 17.4.